The summed E-state index contributed by atoms with van der Waals surface area (Å²) in [6.07, 6.45) is 1.98. The molecule has 0 saturated carbocycles. The first-order valence-electron chi connectivity index (χ1n) is 8.56. The summed E-state index contributed by atoms with van der Waals surface area (Å²) in [5, 5.41) is 6.60. The summed E-state index contributed by atoms with van der Waals surface area (Å²) < 4.78 is 8.29. The van der Waals surface area contributed by atoms with Crippen molar-refractivity contribution >= 4 is 11.3 Å². The molecule has 0 aliphatic carbocycles. The van der Waals surface area contributed by atoms with Gasteiger partial charge in [0, 0.05) is 36.4 Å². The monoisotopic (exact) mass is 354 g/mol. The summed E-state index contributed by atoms with van der Waals surface area (Å²) >= 11 is 1.80. The molecule has 1 aliphatic heterocycles. The minimum Gasteiger partial charge on any atom is -0.369 e. The highest BCUT2D eigenvalue weighted by molar-refractivity contribution is 7.09. The third-order valence-electron chi connectivity index (χ3n) is 4.40. The smallest absolute Gasteiger partial charge is 0.0903 e. The largest absolute Gasteiger partial charge is 0.369 e. The van der Waals surface area contributed by atoms with Crippen LogP contribution in [0.5, 0.6) is 0 Å². The van der Waals surface area contributed by atoms with Gasteiger partial charge in [0.05, 0.1) is 30.6 Å². The van der Waals surface area contributed by atoms with E-state index >= 15 is 0 Å². The molecule has 0 amide bonds. The van der Waals surface area contributed by atoms with Crippen molar-refractivity contribution in [2.75, 3.05) is 6.54 Å². The van der Waals surface area contributed by atoms with Crippen LogP contribution in [-0.2, 0) is 31.0 Å². The third kappa shape index (κ3) is 4.15. The van der Waals surface area contributed by atoms with E-state index in [4.69, 9.17) is 4.74 Å². The van der Waals surface area contributed by atoms with Crippen LogP contribution in [0, 0.1) is 6.92 Å². The lowest BCUT2D eigenvalue weighted by Crippen LogP contribution is -2.32. The van der Waals surface area contributed by atoms with Gasteiger partial charge in [0.15, 0.2) is 0 Å². The maximum Gasteiger partial charge on any atom is 0.0903 e. The number of pyridine rings is 1. The number of aryl methyl sites for hydroxylation is 1. The maximum atomic E-state index is 6.22. The molecule has 1 aliphatic rings. The van der Waals surface area contributed by atoms with E-state index in [1.54, 1.807) is 11.3 Å². The fraction of sp³-hybridized carbons (Fsp3) is 0.368. The van der Waals surface area contributed by atoms with Crippen LogP contribution in [0.4, 0.5) is 0 Å². The molecular formula is C19H22N4OS. The lowest BCUT2D eigenvalue weighted by Gasteiger charge is -2.23. The standard InChI is InChI=1S/C19H22N4OS/c1-15-4-2-5-16(21-15)14-24-18-11-22(13-19-6-3-9-25-19)10-17-7-8-20-23(17)12-18/h2-9,18H,10-14H2,1H3/t18-/m0/s1. The molecular weight excluding hydrogens is 332 g/mol. The van der Waals surface area contributed by atoms with Gasteiger partial charge >= 0.3 is 0 Å². The van der Waals surface area contributed by atoms with E-state index in [1.807, 2.05) is 31.3 Å². The number of rotatable bonds is 5. The lowest BCUT2D eigenvalue weighted by atomic mass is 10.3. The van der Waals surface area contributed by atoms with Gasteiger partial charge in [0.1, 0.15) is 0 Å². The van der Waals surface area contributed by atoms with Crippen molar-refractivity contribution in [2.45, 2.75) is 39.3 Å². The summed E-state index contributed by atoms with van der Waals surface area (Å²) in [6.45, 7) is 6.08. The fourth-order valence-electron chi connectivity index (χ4n) is 3.22. The maximum absolute atomic E-state index is 6.22. The molecule has 25 heavy (non-hydrogen) atoms. The first-order valence-corrected chi connectivity index (χ1v) is 9.44. The molecule has 0 radical (unpaired) electrons. The zero-order valence-corrected chi connectivity index (χ0v) is 15.2. The number of hydrogen-bond acceptors (Lipinski definition) is 5. The Balaban J connectivity index is 1.46. The van der Waals surface area contributed by atoms with Crippen LogP contribution in [0.25, 0.3) is 0 Å². The molecule has 0 fully saturated rings. The molecule has 0 N–H and O–H groups in total. The van der Waals surface area contributed by atoms with Gasteiger partial charge in [-0.05, 0) is 36.6 Å². The van der Waals surface area contributed by atoms with Crippen molar-refractivity contribution in [1.82, 2.24) is 19.7 Å². The Morgan fingerprint density at radius 3 is 3.00 bits per heavy atom. The SMILES string of the molecule is Cc1cccc(CO[C@H]2CN(Cc3cccs3)Cc3ccnn3C2)n1. The summed E-state index contributed by atoms with van der Waals surface area (Å²) in [5.74, 6) is 0. The van der Waals surface area contributed by atoms with Gasteiger partial charge in [-0.25, -0.2) is 0 Å². The highest BCUT2D eigenvalue weighted by Crippen LogP contribution is 2.19. The molecule has 5 nitrogen and oxygen atoms in total. The van der Waals surface area contributed by atoms with Crippen molar-refractivity contribution in [1.29, 1.82) is 0 Å². The van der Waals surface area contributed by atoms with Gasteiger partial charge in [0.25, 0.3) is 0 Å². The van der Waals surface area contributed by atoms with E-state index in [-0.39, 0.29) is 6.10 Å². The van der Waals surface area contributed by atoms with Gasteiger partial charge in [-0.3, -0.25) is 14.6 Å². The number of hydrogen-bond donors (Lipinski definition) is 0. The summed E-state index contributed by atoms with van der Waals surface area (Å²) in [6, 6.07) is 12.5. The minimum absolute atomic E-state index is 0.100. The molecule has 6 heteroatoms. The highest BCUT2D eigenvalue weighted by Gasteiger charge is 2.23. The quantitative estimate of drug-likeness (QED) is 0.705. The van der Waals surface area contributed by atoms with Gasteiger partial charge in [-0.1, -0.05) is 12.1 Å². The fourth-order valence-corrected chi connectivity index (χ4v) is 3.97. The summed E-state index contributed by atoms with van der Waals surface area (Å²) in [5.41, 5.74) is 3.25. The Hall–Kier alpha value is -2.02. The first kappa shape index (κ1) is 16.4. The second-order valence-electron chi connectivity index (χ2n) is 6.46. The van der Waals surface area contributed by atoms with E-state index in [9.17, 15) is 0 Å². The van der Waals surface area contributed by atoms with Crippen molar-refractivity contribution < 1.29 is 4.74 Å². The molecule has 3 aromatic rings. The van der Waals surface area contributed by atoms with Crippen LogP contribution >= 0.6 is 11.3 Å². The summed E-state index contributed by atoms with van der Waals surface area (Å²) in [7, 11) is 0. The predicted molar refractivity (Wildman–Crippen MR) is 98.2 cm³/mol. The van der Waals surface area contributed by atoms with E-state index < -0.39 is 0 Å². The van der Waals surface area contributed by atoms with Gasteiger partial charge in [-0.15, -0.1) is 11.3 Å². The average molecular weight is 354 g/mol. The Morgan fingerprint density at radius 1 is 1.20 bits per heavy atom. The number of fused-ring (bicyclic) bond motifs is 1. The van der Waals surface area contributed by atoms with Crippen molar-refractivity contribution in [3.05, 3.63) is 69.9 Å². The third-order valence-corrected chi connectivity index (χ3v) is 5.26. The van der Waals surface area contributed by atoms with Gasteiger partial charge in [0.2, 0.25) is 0 Å². The molecule has 0 unspecified atom stereocenters. The highest BCUT2D eigenvalue weighted by atomic mass is 32.1. The molecule has 1 atom stereocenters. The predicted octanol–water partition coefficient (Wildman–Crippen LogP) is 3.25. The Bertz CT molecular complexity index is 814. The van der Waals surface area contributed by atoms with Crippen molar-refractivity contribution in [3.63, 3.8) is 0 Å². The van der Waals surface area contributed by atoms with E-state index in [2.05, 4.69) is 43.2 Å². The van der Waals surface area contributed by atoms with Gasteiger partial charge < -0.3 is 4.74 Å². The molecule has 4 rings (SSSR count). The number of ether oxygens (including phenoxy) is 1. The molecule has 0 bridgehead atoms. The van der Waals surface area contributed by atoms with E-state index in [0.717, 1.165) is 37.6 Å². The summed E-state index contributed by atoms with van der Waals surface area (Å²) in [4.78, 5) is 8.36. The Labute approximate surface area is 151 Å². The van der Waals surface area contributed by atoms with Crippen LogP contribution in [0.1, 0.15) is 22.0 Å². The van der Waals surface area contributed by atoms with Crippen molar-refractivity contribution in [3.8, 4) is 0 Å². The molecule has 130 valence electrons. The first-order chi connectivity index (χ1) is 12.3. The molecule has 3 aromatic heterocycles. The number of aromatic nitrogens is 3. The molecule has 4 heterocycles. The zero-order valence-electron chi connectivity index (χ0n) is 14.3. The topological polar surface area (TPSA) is 43.2 Å². The average Bonchev–Trinajstić information content (AvgIpc) is 3.22. The number of thiophene rings is 1. The normalized spacial score (nSPS) is 18.0. The van der Waals surface area contributed by atoms with Crippen molar-refractivity contribution in [2.24, 2.45) is 0 Å². The molecule has 0 saturated heterocycles. The zero-order chi connectivity index (χ0) is 17.1. The van der Waals surface area contributed by atoms with E-state index in [0.29, 0.717) is 6.61 Å². The van der Waals surface area contributed by atoms with E-state index in [1.165, 1.54) is 10.6 Å². The van der Waals surface area contributed by atoms with Crippen LogP contribution in [-0.4, -0.2) is 32.3 Å². The molecule has 0 aromatic carbocycles. The van der Waals surface area contributed by atoms with Crippen LogP contribution in [0.2, 0.25) is 0 Å². The Kier molecular flexibility index (Phi) is 4.92. The van der Waals surface area contributed by atoms with Crippen LogP contribution < -0.4 is 0 Å². The molecule has 0 spiro atoms. The van der Waals surface area contributed by atoms with Crippen LogP contribution in [0.15, 0.2) is 48.0 Å². The Morgan fingerprint density at radius 2 is 2.16 bits per heavy atom. The second-order valence-corrected chi connectivity index (χ2v) is 7.49. The second kappa shape index (κ2) is 7.47. The lowest BCUT2D eigenvalue weighted by molar-refractivity contribution is 0.00589. The number of nitrogens with zero attached hydrogens (tertiary/aromatic N) is 4. The minimum atomic E-state index is 0.100. The van der Waals surface area contributed by atoms with Gasteiger partial charge in [-0.2, -0.15) is 5.10 Å². The van der Waals surface area contributed by atoms with Crippen LogP contribution in [0.3, 0.4) is 0 Å².